The predicted molar refractivity (Wildman–Crippen MR) is 49.8 cm³/mol. The minimum Gasteiger partial charge on any atom is -0.493 e. The van der Waals surface area contributed by atoms with E-state index in [1.165, 1.54) is 0 Å². The zero-order chi connectivity index (χ0) is 10.0. The Morgan fingerprint density at radius 2 is 2.08 bits per heavy atom. The van der Waals surface area contributed by atoms with Crippen molar-refractivity contribution >= 4 is 0 Å². The fourth-order valence-electron chi connectivity index (χ4n) is 1.32. The van der Waals surface area contributed by atoms with Gasteiger partial charge in [0, 0.05) is 6.04 Å². The standard InChI is InChI=1S/C9H16N2O2/c1-6(2)11-9(7(3)12)8(13-4)5-10-11/h5-7,12H,1-4H3. The zero-order valence-corrected chi connectivity index (χ0v) is 8.48. The minimum atomic E-state index is -0.556. The topological polar surface area (TPSA) is 47.3 Å². The van der Waals surface area contributed by atoms with Gasteiger partial charge in [-0.05, 0) is 20.8 Å². The van der Waals surface area contributed by atoms with Gasteiger partial charge in [0.15, 0.2) is 5.75 Å². The van der Waals surface area contributed by atoms with Crippen molar-refractivity contribution in [2.24, 2.45) is 0 Å². The van der Waals surface area contributed by atoms with Gasteiger partial charge in [-0.1, -0.05) is 0 Å². The van der Waals surface area contributed by atoms with E-state index in [1.54, 1.807) is 24.9 Å². The van der Waals surface area contributed by atoms with Crippen LogP contribution in [0.1, 0.15) is 38.6 Å². The number of aliphatic hydroxyl groups excluding tert-OH is 1. The Bertz CT molecular complexity index is 279. The molecule has 1 aromatic heterocycles. The van der Waals surface area contributed by atoms with Crippen molar-refractivity contribution < 1.29 is 9.84 Å². The molecule has 1 unspecified atom stereocenters. The molecule has 0 radical (unpaired) electrons. The van der Waals surface area contributed by atoms with Crippen molar-refractivity contribution in [3.63, 3.8) is 0 Å². The van der Waals surface area contributed by atoms with Crippen LogP contribution in [0.25, 0.3) is 0 Å². The van der Waals surface area contributed by atoms with Gasteiger partial charge in [-0.25, -0.2) is 0 Å². The van der Waals surface area contributed by atoms with Crippen LogP contribution in [0, 0.1) is 0 Å². The van der Waals surface area contributed by atoms with E-state index in [0.717, 1.165) is 5.69 Å². The molecule has 1 aromatic rings. The zero-order valence-electron chi connectivity index (χ0n) is 8.48. The summed E-state index contributed by atoms with van der Waals surface area (Å²) in [4.78, 5) is 0. The number of hydrogen-bond acceptors (Lipinski definition) is 3. The van der Waals surface area contributed by atoms with E-state index in [2.05, 4.69) is 5.10 Å². The van der Waals surface area contributed by atoms with Gasteiger partial charge in [0.05, 0.1) is 19.4 Å². The molecule has 0 spiro atoms. The molecule has 0 saturated carbocycles. The summed E-state index contributed by atoms with van der Waals surface area (Å²) in [5.74, 6) is 0.642. The van der Waals surface area contributed by atoms with E-state index in [1.807, 2.05) is 13.8 Å². The molecule has 13 heavy (non-hydrogen) atoms. The molecule has 1 N–H and O–H groups in total. The number of methoxy groups -OCH3 is 1. The van der Waals surface area contributed by atoms with E-state index >= 15 is 0 Å². The Morgan fingerprint density at radius 3 is 2.46 bits per heavy atom. The molecule has 0 bridgehead atoms. The van der Waals surface area contributed by atoms with Crippen LogP contribution in [-0.4, -0.2) is 22.0 Å². The molecule has 4 heteroatoms. The summed E-state index contributed by atoms with van der Waals surface area (Å²) < 4.78 is 6.86. The molecule has 0 fully saturated rings. The lowest BCUT2D eigenvalue weighted by molar-refractivity contribution is 0.180. The Kier molecular flexibility index (Phi) is 2.93. The number of ether oxygens (including phenoxy) is 1. The van der Waals surface area contributed by atoms with Gasteiger partial charge in [-0.3, -0.25) is 4.68 Å². The van der Waals surface area contributed by atoms with Crippen molar-refractivity contribution in [2.75, 3.05) is 7.11 Å². The average molecular weight is 184 g/mol. The number of hydrogen-bond donors (Lipinski definition) is 1. The predicted octanol–water partition coefficient (Wildman–Crippen LogP) is 1.53. The van der Waals surface area contributed by atoms with Crippen LogP contribution in [-0.2, 0) is 0 Å². The van der Waals surface area contributed by atoms with Crippen LogP contribution in [0.15, 0.2) is 6.20 Å². The third-order valence-electron chi connectivity index (χ3n) is 1.90. The smallest absolute Gasteiger partial charge is 0.162 e. The van der Waals surface area contributed by atoms with E-state index in [4.69, 9.17) is 4.74 Å². The molecule has 0 aliphatic rings. The first-order chi connectivity index (χ1) is 6.07. The largest absolute Gasteiger partial charge is 0.493 e. The van der Waals surface area contributed by atoms with Gasteiger partial charge in [0.2, 0.25) is 0 Å². The van der Waals surface area contributed by atoms with Gasteiger partial charge >= 0.3 is 0 Å². The highest BCUT2D eigenvalue weighted by molar-refractivity contribution is 5.27. The van der Waals surface area contributed by atoms with Gasteiger partial charge in [0.25, 0.3) is 0 Å². The summed E-state index contributed by atoms with van der Waals surface area (Å²) in [6.07, 6.45) is 1.07. The maximum atomic E-state index is 9.51. The number of nitrogens with zero attached hydrogens (tertiary/aromatic N) is 2. The quantitative estimate of drug-likeness (QED) is 0.774. The molecule has 0 aliphatic heterocycles. The van der Waals surface area contributed by atoms with Crippen molar-refractivity contribution in [3.05, 3.63) is 11.9 Å². The lowest BCUT2D eigenvalue weighted by Gasteiger charge is -2.13. The normalized spacial score (nSPS) is 13.4. The van der Waals surface area contributed by atoms with Gasteiger partial charge in [-0.15, -0.1) is 0 Å². The first kappa shape index (κ1) is 10.1. The average Bonchev–Trinajstić information content (AvgIpc) is 2.46. The maximum Gasteiger partial charge on any atom is 0.162 e. The minimum absolute atomic E-state index is 0.230. The molecular weight excluding hydrogens is 168 g/mol. The van der Waals surface area contributed by atoms with Gasteiger partial charge < -0.3 is 9.84 Å². The maximum absolute atomic E-state index is 9.51. The summed E-state index contributed by atoms with van der Waals surface area (Å²) in [5.41, 5.74) is 0.734. The molecule has 74 valence electrons. The Hall–Kier alpha value is -1.03. The lowest BCUT2D eigenvalue weighted by Crippen LogP contribution is -2.10. The summed E-state index contributed by atoms with van der Waals surface area (Å²) in [6.45, 7) is 5.73. The number of aliphatic hydroxyl groups is 1. The monoisotopic (exact) mass is 184 g/mol. The first-order valence-electron chi connectivity index (χ1n) is 4.37. The van der Waals surface area contributed by atoms with Gasteiger partial charge in [0.1, 0.15) is 5.69 Å². The summed E-state index contributed by atoms with van der Waals surface area (Å²) in [5, 5.41) is 13.7. The van der Waals surface area contributed by atoms with Crippen LogP contribution in [0.4, 0.5) is 0 Å². The number of aromatic nitrogens is 2. The van der Waals surface area contributed by atoms with E-state index in [9.17, 15) is 5.11 Å². The van der Waals surface area contributed by atoms with E-state index < -0.39 is 6.10 Å². The van der Waals surface area contributed by atoms with Crippen LogP contribution in [0.2, 0.25) is 0 Å². The molecule has 1 heterocycles. The van der Waals surface area contributed by atoms with Gasteiger partial charge in [-0.2, -0.15) is 5.10 Å². The third-order valence-corrected chi connectivity index (χ3v) is 1.90. The second kappa shape index (κ2) is 3.79. The molecule has 0 aliphatic carbocycles. The van der Waals surface area contributed by atoms with Crippen LogP contribution < -0.4 is 4.74 Å². The fourth-order valence-corrected chi connectivity index (χ4v) is 1.32. The Labute approximate surface area is 78.1 Å². The molecule has 0 amide bonds. The van der Waals surface area contributed by atoms with E-state index in [-0.39, 0.29) is 6.04 Å². The van der Waals surface area contributed by atoms with Crippen LogP contribution in [0.3, 0.4) is 0 Å². The van der Waals surface area contributed by atoms with Crippen molar-refractivity contribution in [3.8, 4) is 5.75 Å². The lowest BCUT2D eigenvalue weighted by atomic mass is 10.2. The van der Waals surface area contributed by atoms with Crippen LogP contribution in [0.5, 0.6) is 5.75 Å². The second-order valence-electron chi connectivity index (χ2n) is 3.31. The number of rotatable bonds is 3. The van der Waals surface area contributed by atoms with Crippen LogP contribution >= 0.6 is 0 Å². The van der Waals surface area contributed by atoms with Crippen molar-refractivity contribution in [1.82, 2.24) is 9.78 Å². The Balaban J connectivity index is 3.14. The second-order valence-corrected chi connectivity index (χ2v) is 3.31. The SMILES string of the molecule is COc1cnn(C(C)C)c1C(C)O. The molecule has 1 rings (SSSR count). The summed E-state index contributed by atoms with van der Waals surface area (Å²) in [7, 11) is 1.58. The molecule has 0 aromatic carbocycles. The molecular formula is C9H16N2O2. The van der Waals surface area contributed by atoms with E-state index in [0.29, 0.717) is 5.75 Å². The summed E-state index contributed by atoms with van der Waals surface area (Å²) in [6, 6.07) is 0.230. The summed E-state index contributed by atoms with van der Waals surface area (Å²) >= 11 is 0. The molecule has 0 saturated heterocycles. The fraction of sp³-hybridized carbons (Fsp3) is 0.667. The molecule has 1 atom stereocenters. The molecule has 4 nitrogen and oxygen atoms in total. The van der Waals surface area contributed by atoms with Crippen molar-refractivity contribution in [2.45, 2.75) is 32.9 Å². The van der Waals surface area contributed by atoms with Crippen molar-refractivity contribution in [1.29, 1.82) is 0 Å². The highest BCUT2D eigenvalue weighted by Gasteiger charge is 2.17. The third kappa shape index (κ3) is 1.83. The first-order valence-corrected chi connectivity index (χ1v) is 4.37. The highest BCUT2D eigenvalue weighted by atomic mass is 16.5. The highest BCUT2D eigenvalue weighted by Crippen LogP contribution is 2.26. The Morgan fingerprint density at radius 1 is 1.46 bits per heavy atom.